The van der Waals surface area contributed by atoms with Crippen LogP contribution in [0.4, 0.5) is 5.69 Å². The monoisotopic (exact) mass is 284 g/mol. The van der Waals surface area contributed by atoms with E-state index >= 15 is 0 Å². The molecule has 2 N–H and O–H groups in total. The lowest BCUT2D eigenvalue weighted by atomic mass is 9.79. The summed E-state index contributed by atoms with van der Waals surface area (Å²) in [7, 11) is 0. The lowest BCUT2D eigenvalue weighted by Gasteiger charge is -2.33. The van der Waals surface area contributed by atoms with E-state index in [0.717, 1.165) is 29.8 Å². The predicted octanol–water partition coefficient (Wildman–Crippen LogP) is 3.33. The minimum Gasteiger partial charge on any atom is -0.324 e. The van der Waals surface area contributed by atoms with Crippen molar-refractivity contribution in [2.24, 2.45) is 5.92 Å². The van der Waals surface area contributed by atoms with Gasteiger partial charge >= 0.3 is 0 Å². The number of para-hydroxylation sites is 1. The number of amides is 1. The molecular formula is C18H24N2O. The summed E-state index contributed by atoms with van der Waals surface area (Å²) in [5.41, 5.74) is 4.78. The average molecular weight is 284 g/mol. The van der Waals surface area contributed by atoms with Crippen LogP contribution in [-0.4, -0.2) is 18.5 Å². The summed E-state index contributed by atoms with van der Waals surface area (Å²) < 4.78 is 0. The second kappa shape index (κ2) is 6.02. The minimum atomic E-state index is -0.0655. The number of benzene rings is 1. The molecule has 1 aromatic rings. The molecule has 21 heavy (non-hydrogen) atoms. The standard InChI is InChI=1S/C18H24N2O/c1-12-5-3-6-13(2)17(12)20-18(21)16-11-15(9-10-19-16)14-7-4-8-14/h3,5-7,15-16,19H,4,8-11H2,1-2H3,(H,20,21)/t15?,16-/m0/s1. The fourth-order valence-electron chi connectivity index (χ4n) is 3.36. The number of hydrogen-bond acceptors (Lipinski definition) is 2. The maximum Gasteiger partial charge on any atom is 0.241 e. The Morgan fingerprint density at radius 2 is 2.00 bits per heavy atom. The third-order valence-corrected chi connectivity index (χ3v) is 4.81. The first-order valence-electron chi connectivity index (χ1n) is 7.94. The smallest absolute Gasteiger partial charge is 0.241 e. The van der Waals surface area contributed by atoms with Crippen LogP contribution in [0.3, 0.4) is 0 Å². The van der Waals surface area contributed by atoms with Crippen LogP contribution in [0, 0.1) is 19.8 Å². The molecular weight excluding hydrogens is 260 g/mol. The van der Waals surface area contributed by atoms with Gasteiger partial charge < -0.3 is 10.6 Å². The number of nitrogens with one attached hydrogen (secondary N) is 2. The molecule has 0 spiro atoms. The number of anilines is 1. The van der Waals surface area contributed by atoms with Crippen LogP contribution in [0.5, 0.6) is 0 Å². The number of piperidine rings is 1. The molecule has 3 heteroatoms. The van der Waals surface area contributed by atoms with Crippen LogP contribution >= 0.6 is 0 Å². The highest BCUT2D eigenvalue weighted by atomic mass is 16.2. The number of rotatable bonds is 3. The van der Waals surface area contributed by atoms with E-state index in [0.29, 0.717) is 5.92 Å². The second-order valence-electron chi connectivity index (χ2n) is 6.30. The van der Waals surface area contributed by atoms with Gasteiger partial charge in [0.2, 0.25) is 5.91 Å². The molecule has 1 fully saturated rings. The van der Waals surface area contributed by atoms with Crippen molar-refractivity contribution in [1.29, 1.82) is 0 Å². The molecule has 2 aliphatic rings. The Morgan fingerprint density at radius 1 is 1.29 bits per heavy atom. The first-order chi connectivity index (χ1) is 10.1. The number of aryl methyl sites for hydroxylation is 2. The summed E-state index contributed by atoms with van der Waals surface area (Å²) in [6, 6.07) is 6.04. The van der Waals surface area contributed by atoms with E-state index in [9.17, 15) is 4.79 Å². The predicted molar refractivity (Wildman–Crippen MR) is 86.4 cm³/mol. The summed E-state index contributed by atoms with van der Waals surface area (Å²) in [5.74, 6) is 0.714. The van der Waals surface area contributed by atoms with Gasteiger partial charge in [0.25, 0.3) is 0 Å². The molecule has 0 saturated carbocycles. The largest absolute Gasteiger partial charge is 0.324 e. The highest BCUT2D eigenvalue weighted by Crippen LogP contribution is 2.33. The van der Waals surface area contributed by atoms with Gasteiger partial charge in [-0.25, -0.2) is 0 Å². The van der Waals surface area contributed by atoms with Crippen LogP contribution in [0.1, 0.15) is 36.8 Å². The van der Waals surface area contributed by atoms with E-state index < -0.39 is 0 Å². The lowest BCUT2D eigenvalue weighted by molar-refractivity contribution is -0.118. The summed E-state index contributed by atoms with van der Waals surface area (Å²) in [6.45, 7) is 5.02. The van der Waals surface area contributed by atoms with E-state index in [2.05, 4.69) is 16.7 Å². The van der Waals surface area contributed by atoms with Crippen LogP contribution in [0.25, 0.3) is 0 Å². The minimum absolute atomic E-state index is 0.0655. The van der Waals surface area contributed by atoms with Gasteiger partial charge in [0.15, 0.2) is 0 Å². The number of carbonyl (C=O) groups excluding carboxylic acids is 1. The highest BCUT2D eigenvalue weighted by molar-refractivity contribution is 5.96. The van der Waals surface area contributed by atoms with Crippen LogP contribution in [0.15, 0.2) is 29.8 Å². The molecule has 1 saturated heterocycles. The normalized spacial score (nSPS) is 25.0. The number of hydrogen-bond donors (Lipinski definition) is 2. The van der Waals surface area contributed by atoms with Gasteiger partial charge in [-0.3, -0.25) is 4.79 Å². The zero-order chi connectivity index (χ0) is 14.8. The summed E-state index contributed by atoms with van der Waals surface area (Å²) in [6.07, 6.45) is 6.90. The Balaban J connectivity index is 1.67. The third-order valence-electron chi connectivity index (χ3n) is 4.81. The zero-order valence-electron chi connectivity index (χ0n) is 12.9. The first kappa shape index (κ1) is 14.3. The first-order valence-corrected chi connectivity index (χ1v) is 7.94. The molecule has 1 aromatic carbocycles. The quantitative estimate of drug-likeness (QED) is 0.836. The van der Waals surface area contributed by atoms with Gasteiger partial charge in [0.1, 0.15) is 0 Å². The number of carbonyl (C=O) groups is 1. The van der Waals surface area contributed by atoms with Crippen LogP contribution < -0.4 is 10.6 Å². The van der Waals surface area contributed by atoms with Crippen molar-refractivity contribution in [3.63, 3.8) is 0 Å². The Hall–Kier alpha value is -1.61. The molecule has 1 amide bonds. The SMILES string of the molecule is Cc1cccc(C)c1NC(=O)[C@@H]1CC(C2=CCC2)CCN1. The fourth-order valence-corrected chi connectivity index (χ4v) is 3.36. The van der Waals surface area contributed by atoms with Gasteiger partial charge in [-0.2, -0.15) is 0 Å². The molecule has 112 valence electrons. The lowest BCUT2D eigenvalue weighted by Crippen LogP contribution is -2.46. The van der Waals surface area contributed by atoms with Gasteiger partial charge in [-0.15, -0.1) is 0 Å². The van der Waals surface area contributed by atoms with Gasteiger partial charge in [0, 0.05) is 5.69 Å². The molecule has 1 unspecified atom stereocenters. The summed E-state index contributed by atoms with van der Waals surface area (Å²) in [4.78, 5) is 12.6. The molecule has 3 rings (SSSR count). The van der Waals surface area contributed by atoms with E-state index in [1.165, 1.54) is 19.3 Å². The molecule has 1 heterocycles. The van der Waals surface area contributed by atoms with Crippen molar-refractivity contribution in [3.05, 3.63) is 41.0 Å². The Morgan fingerprint density at radius 3 is 2.62 bits per heavy atom. The van der Waals surface area contributed by atoms with Crippen LogP contribution in [0.2, 0.25) is 0 Å². The third kappa shape index (κ3) is 3.03. The maximum atomic E-state index is 12.6. The molecule has 1 aliphatic heterocycles. The molecule has 0 aromatic heterocycles. The topological polar surface area (TPSA) is 41.1 Å². The van der Waals surface area contributed by atoms with E-state index in [1.54, 1.807) is 5.57 Å². The average Bonchev–Trinajstić information content (AvgIpc) is 2.41. The second-order valence-corrected chi connectivity index (χ2v) is 6.30. The molecule has 2 atom stereocenters. The van der Waals surface area contributed by atoms with E-state index in [-0.39, 0.29) is 11.9 Å². The zero-order valence-corrected chi connectivity index (χ0v) is 12.9. The Bertz CT molecular complexity index is 556. The van der Waals surface area contributed by atoms with Crippen molar-refractivity contribution in [2.45, 2.75) is 45.6 Å². The van der Waals surface area contributed by atoms with Crippen molar-refractivity contribution in [2.75, 3.05) is 11.9 Å². The van der Waals surface area contributed by atoms with Crippen LogP contribution in [-0.2, 0) is 4.79 Å². The molecule has 0 bridgehead atoms. The molecule has 3 nitrogen and oxygen atoms in total. The van der Waals surface area contributed by atoms with Gasteiger partial charge in [-0.1, -0.05) is 29.8 Å². The Labute approximate surface area is 126 Å². The van der Waals surface area contributed by atoms with E-state index in [4.69, 9.17) is 0 Å². The fraction of sp³-hybridized carbons (Fsp3) is 0.500. The maximum absolute atomic E-state index is 12.6. The van der Waals surface area contributed by atoms with E-state index in [1.807, 2.05) is 32.0 Å². The van der Waals surface area contributed by atoms with Crippen molar-refractivity contribution in [3.8, 4) is 0 Å². The highest BCUT2D eigenvalue weighted by Gasteiger charge is 2.30. The Kier molecular flexibility index (Phi) is 4.11. The van der Waals surface area contributed by atoms with Gasteiger partial charge in [0.05, 0.1) is 6.04 Å². The molecule has 1 aliphatic carbocycles. The molecule has 0 radical (unpaired) electrons. The van der Waals surface area contributed by atoms with Crippen molar-refractivity contribution < 1.29 is 4.79 Å². The van der Waals surface area contributed by atoms with Crippen molar-refractivity contribution >= 4 is 11.6 Å². The van der Waals surface area contributed by atoms with Gasteiger partial charge in [-0.05, 0) is 63.1 Å². The summed E-state index contributed by atoms with van der Waals surface area (Å²) >= 11 is 0. The summed E-state index contributed by atoms with van der Waals surface area (Å²) in [5, 5.41) is 6.49. The van der Waals surface area contributed by atoms with Crippen molar-refractivity contribution in [1.82, 2.24) is 5.32 Å². The number of allylic oxidation sites excluding steroid dienone is 2.